The topological polar surface area (TPSA) is 202 Å². The van der Waals surface area contributed by atoms with E-state index in [-0.39, 0.29) is 0 Å². The van der Waals surface area contributed by atoms with Crippen LogP contribution in [0.25, 0.3) is 0 Å². The molecule has 0 heterocycles. The third kappa shape index (κ3) is 10.7. The highest BCUT2D eigenvalue weighted by atomic mass is 32.2. The molecular formula is C11H21N3O8S. The van der Waals surface area contributed by atoms with Crippen molar-refractivity contribution in [3.63, 3.8) is 0 Å². The van der Waals surface area contributed by atoms with Gasteiger partial charge < -0.3 is 26.7 Å². The molecule has 0 unspecified atom stereocenters. The molecule has 0 radical (unpaired) electrons. The zero-order valence-corrected chi connectivity index (χ0v) is 13.2. The first-order chi connectivity index (χ1) is 10.6. The summed E-state index contributed by atoms with van der Waals surface area (Å²) >= 11 is 0. The molecule has 0 aliphatic rings. The molecule has 0 aliphatic carbocycles. The smallest absolute Gasteiger partial charge is 0.351 e. The van der Waals surface area contributed by atoms with Gasteiger partial charge in [-0.1, -0.05) is 6.42 Å². The number of ether oxygens (including phenoxy) is 2. The minimum absolute atomic E-state index is 0.323. The summed E-state index contributed by atoms with van der Waals surface area (Å²) in [5.41, 5.74) is 15.9. The van der Waals surface area contributed by atoms with E-state index in [0.717, 1.165) is 0 Å². The van der Waals surface area contributed by atoms with E-state index in [9.17, 15) is 22.8 Å². The van der Waals surface area contributed by atoms with Crippen LogP contribution in [0.5, 0.6) is 0 Å². The van der Waals surface area contributed by atoms with Gasteiger partial charge in [0.25, 0.3) is 10.1 Å². The van der Waals surface area contributed by atoms with E-state index in [2.05, 4.69) is 9.47 Å². The summed E-state index contributed by atoms with van der Waals surface area (Å²) < 4.78 is 38.3. The number of unbranched alkanes of at least 4 members (excludes halogenated alkanes) is 1. The first-order valence-electron chi connectivity index (χ1n) is 6.64. The van der Waals surface area contributed by atoms with Crippen molar-refractivity contribution in [3.8, 4) is 0 Å². The van der Waals surface area contributed by atoms with Crippen LogP contribution in [0.3, 0.4) is 0 Å². The maximum atomic E-state index is 11.4. The van der Waals surface area contributed by atoms with Gasteiger partial charge in [0.15, 0.2) is 6.61 Å². The monoisotopic (exact) mass is 355 g/mol. The third-order valence-electron chi connectivity index (χ3n) is 2.51. The van der Waals surface area contributed by atoms with Crippen molar-refractivity contribution < 1.29 is 36.8 Å². The molecule has 134 valence electrons. The van der Waals surface area contributed by atoms with Gasteiger partial charge in [0.2, 0.25) is 0 Å². The molecule has 0 fully saturated rings. The molecule has 2 atom stereocenters. The molecular weight excluding hydrogens is 334 g/mol. The zero-order valence-electron chi connectivity index (χ0n) is 12.3. The van der Waals surface area contributed by atoms with Gasteiger partial charge in [-0.25, -0.2) is 9.59 Å². The van der Waals surface area contributed by atoms with E-state index < -0.39 is 52.5 Å². The van der Waals surface area contributed by atoms with Crippen LogP contribution in [-0.2, 0) is 34.0 Å². The normalized spacial score (nSPS) is 13.9. The highest BCUT2D eigenvalue weighted by Gasteiger charge is 2.25. The molecule has 11 nitrogen and oxygen atoms in total. The highest BCUT2D eigenvalue weighted by Crippen LogP contribution is 2.00. The Morgan fingerprint density at radius 3 is 2.17 bits per heavy atom. The molecule has 0 spiro atoms. The fraction of sp³-hybridized carbons (Fsp3) is 0.727. The lowest BCUT2D eigenvalue weighted by Crippen LogP contribution is -2.40. The van der Waals surface area contributed by atoms with E-state index >= 15 is 0 Å². The summed E-state index contributed by atoms with van der Waals surface area (Å²) in [6, 6.07) is -2.69. The largest absolute Gasteiger partial charge is 0.452 e. The summed E-state index contributed by atoms with van der Waals surface area (Å²) in [6.07, 6.45) is 1.62. The SMILES string of the molecule is NCCCC[C@H](N)C(=O)OCC(=O)OC(=O)[C@H](N)CS(=O)(=O)O. The molecule has 0 aliphatic heterocycles. The van der Waals surface area contributed by atoms with Crippen LogP contribution in [0.4, 0.5) is 0 Å². The molecule has 0 bridgehead atoms. The maximum Gasteiger partial charge on any atom is 0.351 e. The second-order valence-electron chi connectivity index (χ2n) is 4.65. The molecule has 0 rings (SSSR count). The molecule has 0 aromatic carbocycles. The molecule has 0 amide bonds. The van der Waals surface area contributed by atoms with E-state index in [1.807, 2.05) is 0 Å². The van der Waals surface area contributed by atoms with E-state index in [0.29, 0.717) is 25.8 Å². The van der Waals surface area contributed by atoms with Crippen molar-refractivity contribution in [2.45, 2.75) is 31.3 Å². The third-order valence-corrected chi connectivity index (χ3v) is 3.29. The van der Waals surface area contributed by atoms with E-state index in [1.165, 1.54) is 0 Å². The van der Waals surface area contributed by atoms with Gasteiger partial charge in [-0.05, 0) is 19.4 Å². The van der Waals surface area contributed by atoms with Gasteiger partial charge in [0.05, 0.1) is 0 Å². The lowest BCUT2D eigenvalue weighted by Gasteiger charge is -2.11. The number of esters is 3. The van der Waals surface area contributed by atoms with E-state index in [1.54, 1.807) is 0 Å². The Labute approximate surface area is 133 Å². The van der Waals surface area contributed by atoms with Crippen molar-refractivity contribution in [1.82, 2.24) is 0 Å². The molecule has 23 heavy (non-hydrogen) atoms. The van der Waals surface area contributed by atoms with Crippen LogP contribution < -0.4 is 17.2 Å². The van der Waals surface area contributed by atoms with Gasteiger partial charge in [-0.15, -0.1) is 0 Å². The number of hydrogen-bond acceptors (Lipinski definition) is 10. The van der Waals surface area contributed by atoms with Crippen molar-refractivity contribution >= 4 is 28.0 Å². The highest BCUT2D eigenvalue weighted by molar-refractivity contribution is 7.85. The van der Waals surface area contributed by atoms with Crippen LogP contribution in [0.1, 0.15) is 19.3 Å². The number of rotatable bonds is 10. The van der Waals surface area contributed by atoms with Crippen LogP contribution >= 0.6 is 0 Å². The van der Waals surface area contributed by atoms with Gasteiger partial charge >= 0.3 is 17.9 Å². The van der Waals surface area contributed by atoms with Crippen molar-refractivity contribution in [3.05, 3.63) is 0 Å². The lowest BCUT2D eigenvalue weighted by molar-refractivity contribution is -0.168. The summed E-state index contributed by atoms with van der Waals surface area (Å²) in [6.45, 7) is -0.423. The Balaban J connectivity index is 4.15. The summed E-state index contributed by atoms with van der Waals surface area (Å²) in [5, 5.41) is 0. The second kappa shape index (κ2) is 10.2. The van der Waals surface area contributed by atoms with Crippen LogP contribution in [0, 0.1) is 0 Å². The molecule has 7 N–H and O–H groups in total. The van der Waals surface area contributed by atoms with Gasteiger partial charge in [0, 0.05) is 0 Å². The molecule has 0 aromatic heterocycles. The van der Waals surface area contributed by atoms with Gasteiger partial charge in [-0.2, -0.15) is 8.42 Å². The Morgan fingerprint density at radius 1 is 1.04 bits per heavy atom. The molecule has 0 saturated carbocycles. The lowest BCUT2D eigenvalue weighted by atomic mass is 10.1. The summed E-state index contributed by atoms with van der Waals surface area (Å²) in [4.78, 5) is 34.0. The quantitative estimate of drug-likeness (QED) is 0.137. The van der Waals surface area contributed by atoms with E-state index in [4.69, 9.17) is 21.8 Å². The van der Waals surface area contributed by atoms with Gasteiger partial charge in [-0.3, -0.25) is 9.35 Å². The first-order valence-corrected chi connectivity index (χ1v) is 8.25. The predicted molar refractivity (Wildman–Crippen MR) is 77.3 cm³/mol. The van der Waals surface area contributed by atoms with Crippen molar-refractivity contribution in [2.24, 2.45) is 17.2 Å². The Morgan fingerprint density at radius 2 is 1.65 bits per heavy atom. The standard InChI is InChI=1S/C11H21N3O8S/c12-4-2-1-3-7(13)10(16)21-5-9(15)22-11(17)8(14)6-23(18,19)20/h7-8H,1-6,12-14H2,(H,18,19,20)/t7-,8+/m0/s1. The molecule has 0 aromatic rings. The van der Waals surface area contributed by atoms with Gasteiger partial charge in [0.1, 0.15) is 17.8 Å². The van der Waals surface area contributed by atoms with Crippen LogP contribution in [0.15, 0.2) is 0 Å². The summed E-state index contributed by atoms with van der Waals surface area (Å²) in [7, 11) is -4.50. The fourth-order valence-electron chi connectivity index (χ4n) is 1.38. The average molecular weight is 355 g/mol. The molecule has 0 saturated heterocycles. The van der Waals surface area contributed by atoms with Crippen LogP contribution in [0.2, 0.25) is 0 Å². The minimum atomic E-state index is -4.50. The van der Waals surface area contributed by atoms with Crippen molar-refractivity contribution in [2.75, 3.05) is 18.9 Å². The minimum Gasteiger partial charge on any atom is -0.452 e. The maximum absolute atomic E-state index is 11.4. The predicted octanol–water partition coefficient (Wildman–Crippen LogP) is -2.73. The number of carbonyl (C=O) groups is 3. The number of carbonyl (C=O) groups excluding carboxylic acids is 3. The number of hydrogen-bond donors (Lipinski definition) is 4. The first kappa shape index (κ1) is 21.4. The summed E-state index contributed by atoms with van der Waals surface area (Å²) in [5.74, 6) is -4.59. The fourth-order valence-corrected chi connectivity index (χ4v) is 1.97. The molecule has 12 heteroatoms. The Bertz CT molecular complexity index is 521. The van der Waals surface area contributed by atoms with Crippen LogP contribution in [-0.4, -0.2) is 61.9 Å². The number of nitrogens with two attached hydrogens (primary N) is 3. The average Bonchev–Trinajstić information content (AvgIpc) is 2.42. The Kier molecular flexibility index (Phi) is 9.52. The second-order valence-corrected chi connectivity index (χ2v) is 6.14. The Hall–Kier alpha value is -1.60. The van der Waals surface area contributed by atoms with Crippen molar-refractivity contribution in [1.29, 1.82) is 0 Å². The zero-order chi connectivity index (χ0) is 18.0.